The van der Waals surface area contributed by atoms with Gasteiger partial charge in [-0.3, -0.25) is 4.79 Å². The average Bonchev–Trinajstić information content (AvgIpc) is 3.41. The number of amides is 1. The first-order valence-electron chi connectivity index (χ1n) is 9.10. The SMILES string of the molecule is CSc1nn(-c2ccc(C(=O)OCC(=O)NCc3ccc4c(c3)OCO4)cc2)c(=S)s1. The van der Waals surface area contributed by atoms with E-state index in [2.05, 4.69) is 10.4 Å². The maximum Gasteiger partial charge on any atom is 0.338 e. The van der Waals surface area contributed by atoms with Crippen LogP contribution in [0.5, 0.6) is 11.5 Å². The van der Waals surface area contributed by atoms with Crippen LogP contribution in [-0.2, 0) is 16.1 Å². The molecule has 0 spiro atoms. The number of thioether (sulfide) groups is 1. The predicted octanol–water partition coefficient (Wildman–Crippen LogP) is 3.59. The Labute approximate surface area is 191 Å². The Morgan fingerprint density at radius 3 is 2.74 bits per heavy atom. The van der Waals surface area contributed by atoms with Crippen molar-refractivity contribution in [3.63, 3.8) is 0 Å². The van der Waals surface area contributed by atoms with Crippen LogP contribution in [-0.4, -0.2) is 41.3 Å². The summed E-state index contributed by atoms with van der Waals surface area (Å²) in [4.78, 5) is 24.3. The molecule has 1 N–H and O–H groups in total. The zero-order chi connectivity index (χ0) is 21.8. The molecular weight excluding hydrogens is 458 g/mol. The van der Waals surface area contributed by atoms with Gasteiger partial charge in [0.1, 0.15) is 0 Å². The summed E-state index contributed by atoms with van der Waals surface area (Å²) in [6, 6.07) is 12.1. The first-order valence-corrected chi connectivity index (χ1v) is 11.6. The van der Waals surface area contributed by atoms with Crippen LogP contribution in [0.15, 0.2) is 46.8 Å². The Hall–Kier alpha value is -2.89. The molecule has 1 aromatic heterocycles. The molecule has 0 saturated heterocycles. The van der Waals surface area contributed by atoms with Crippen molar-refractivity contribution in [2.75, 3.05) is 19.7 Å². The second-order valence-electron chi connectivity index (χ2n) is 6.34. The first-order chi connectivity index (χ1) is 15.0. The molecule has 0 unspecified atom stereocenters. The molecule has 31 heavy (non-hydrogen) atoms. The van der Waals surface area contributed by atoms with Gasteiger partial charge in [-0.25, -0.2) is 9.48 Å². The summed E-state index contributed by atoms with van der Waals surface area (Å²) in [5.41, 5.74) is 1.93. The van der Waals surface area contributed by atoms with Gasteiger partial charge in [0.05, 0.1) is 11.3 Å². The van der Waals surface area contributed by atoms with Crippen LogP contribution in [0.1, 0.15) is 15.9 Å². The van der Waals surface area contributed by atoms with Gasteiger partial charge in [-0.2, -0.15) is 0 Å². The molecule has 1 aliphatic heterocycles. The van der Waals surface area contributed by atoms with E-state index in [1.807, 2.05) is 12.3 Å². The van der Waals surface area contributed by atoms with E-state index in [0.29, 0.717) is 21.0 Å². The van der Waals surface area contributed by atoms with Crippen molar-refractivity contribution in [1.29, 1.82) is 0 Å². The first kappa shape index (κ1) is 21.3. The van der Waals surface area contributed by atoms with Crippen LogP contribution in [0.2, 0.25) is 0 Å². The number of ether oxygens (including phenoxy) is 3. The number of rotatable bonds is 7. The van der Waals surface area contributed by atoms with Gasteiger partial charge in [0, 0.05) is 6.54 Å². The van der Waals surface area contributed by atoms with Crippen molar-refractivity contribution < 1.29 is 23.8 Å². The monoisotopic (exact) mass is 475 g/mol. The molecular formula is C20H17N3O5S3. The molecule has 0 bridgehead atoms. The lowest BCUT2D eigenvalue weighted by atomic mass is 10.2. The Morgan fingerprint density at radius 1 is 1.23 bits per heavy atom. The molecule has 2 aromatic carbocycles. The van der Waals surface area contributed by atoms with E-state index in [9.17, 15) is 9.59 Å². The number of hydrogen-bond acceptors (Lipinski definition) is 9. The fourth-order valence-electron chi connectivity index (χ4n) is 2.76. The summed E-state index contributed by atoms with van der Waals surface area (Å²) in [6.07, 6.45) is 1.93. The van der Waals surface area contributed by atoms with Crippen molar-refractivity contribution >= 4 is 47.2 Å². The number of nitrogens with one attached hydrogen (secondary N) is 1. The van der Waals surface area contributed by atoms with Crippen molar-refractivity contribution in [1.82, 2.24) is 15.1 Å². The highest BCUT2D eigenvalue weighted by atomic mass is 32.2. The molecule has 8 nitrogen and oxygen atoms in total. The number of benzene rings is 2. The summed E-state index contributed by atoms with van der Waals surface area (Å²) < 4.78 is 18.8. The maximum atomic E-state index is 12.2. The fraction of sp³-hybridized carbons (Fsp3) is 0.200. The van der Waals surface area contributed by atoms with E-state index < -0.39 is 11.9 Å². The van der Waals surface area contributed by atoms with E-state index in [0.717, 1.165) is 15.6 Å². The number of nitrogens with zero attached hydrogens (tertiary/aromatic N) is 2. The fourth-order valence-corrected chi connectivity index (χ4v) is 4.54. The predicted molar refractivity (Wildman–Crippen MR) is 119 cm³/mol. The largest absolute Gasteiger partial charge is 0.454 e. The molecule has 4 rings (SSSR count). The summed E-state index contributed by atoms with van der Waals surface area (Å²) in [5, 5.41) is 7.11. The highest BCUT2D eigenvalue weighted by molar-refractivity contribution is 8.00. The van der Waals surface area contributed by atoms with Crippen molar-refractivity contribution in [3.05, 3.63) is 57.5 Å². The van der Waals surface area contributed by atoms with Crippen LogP contribution < -0.4 is 14.8 Å². The second kappa shape index (κ2) is 9.50. The number of fused-ring (bicyclic) bond motifs is 1. The minimum Gasteiger partial charge on any atom is -0.454 e. The molecule has 0 radical (unpaired) electrons. The van der Waals surface area contributed by atoms with Gasteiger partial charge in [0.2, 0.25) is 6.79 Å². The number of carbonyl (C=O) groups is 2. The van der Waals surface area contributed by atoms with E-state index in [1.165, 1.54) is 23.1 Å². The lowest BCUT2D eigenvalue weighted by Crippen LogP contribution is -2.28. The summed E-state index contributed by atoms with van der Waals surface area (Å²) in [5.74, 6) is 0.333. The molecule has 0 aliphatic carbocycles. The minimum atomic E-state index is -0.587. The second-order valence-corrected chi connectivity index (χ2v) is 9.01. The molecule has 0 saturated carbocycles. The molecule has 1 aliphatic rings. The van der Waals surface area contributed by atoms with Gasteiger partial charge in [-0.15, -0.1) is 5.10 Å². The van der Waals surface area contributed by atoms with Crippen LogP contribution in [0, 0.1) is 3.95 Å². The van der Waals surface area contributed by atoms with E-state index >= 15 is 0 Å². The van der Waals surface area contributed by atoms with Crippen molar-refractivity contribution in [2.45, 2.75) is 10.9 Å². The summed E-state index contributed by atoms with van der Waals surface area (Å²) >= 11 is 8.26. The average molecular weight is 476 g/mol. The molecule has 0 fully saturated rings. The van der Waals surface area contributed by atoms with Gasteiger partial charge < -0.3 is 19.5 Å². The molecule has 1 amide bonds. The van der Waals surface area contributed by atoms with Gasteiger partial charge in [-0.1, -0.05) is 29.2 Å². The maximum absolute atomic E-state index is 12.2. The van der Waals surface area contributed by atoms with E-state index in [-0.39, 0.29) is 19.9 Å². The molecule has 11 heteroatoms. The number of esters is 1. The van der Waals surface area contributed by atoms with E-state index in [1.54, 1.807) is 41.1 Å². The normalized spacial score (nSPS) is 11.9. The Morgan fingerprint density at radius 2 is 2.00 bits per heavy atom. The highest BCUT2D eigenvalue weighted by Gasteiger charge is 2.14. The standard InChI is InChI=1S/C20H17N3O5S3/c1-30-19-22-23(20(29)31-19)14-5-3-13(4-6-14)18(25)26-10-17(24)21-9-12-2-7-15-16(8-12)28-11-27-15/h2-8H,9-11H2,1H3,(H,21,24). The van der Waals surface area contributed by atoms with Gasteiger partial charge in [0.15, 0.2) is 26.4 Å². The number of hydrogen-bond donors (Lipinski definition) is 1. The highest BCUT2D eigenvalue weighted by Crippen LogP contribution is 2.32. The van der Waals surface area contributed by atoms with Gasteiger partial charge >= 0.3 is 5.97 Å². The number of aromatic nitrogens is 2. The third kappa shape index (κ3) is 5.06. The van der Waals surface area contributed by atoms with Crippen LogP contribution in [0.25, 0.3) is 5.69 Å². The molecule has 0 atom stereocenters. The Balaban J connectivity index is 1.28. The molecule has 2 heterocycles. The summed E-state index contributed by atoms with van der Waals surface area (Å²) in [7, 11) is 0. The third-order valence-electron chi connectivity index (χ3n) is 4.31. The number of carbonyl (C=O) groups excluding carboxylic acids is 2. The zero-order valence-corrected chi connectivity index (χ0v) is 18.8. The van der Waals surface area contributed by atoms with Crippen LogP contribution in [0.4, 0.5) is 0 Å². The zero-order valence-electron chi connectivity index (χ0n) is 16.3. The van der Waals surface area contributed by atoms with Crippen LogP contribution in [0.3, 0.4) is 0 Å². The molecule has 3 aromatic rings. The van der Waals surface area contributed by atoms with Gasteiger partial charge in [0.25, 0.3) is 5.91 Å². The molecule has 160 valence electrons. The lowest BCUT2D eigenvalue weighted by molar-refractivity contribution is -0.124. The Kier molecular flexibility index (Phi) is 6.54. The Bertz CT molecular complexity index is 1170. The van der Waals surface area contributed by atoms with Gasteiger partial charge in [-0.05, 0) is 60.4 Å². The smallest absolute Gasteiger partial charge is 0.338 e. The summed E-state index contributed by atoms with van der Waals surface area (Å²) in [6.45, 7) is 0.102. The minimum absolute atomic E-state index is 0.192. The van der Waals surface area contributed by atoms with Crippen molar-refractivity contribution in [2.24, 2.45) is 0 Å². The third-order valence-corrected chi connectivity index (χ3v) is 6.52. The topological polar surface area (TPSA) is 91.7 Å². The van der Waals surface area contributed by atoms with Crippen LogP contribution >= 0.6 is 35.3 Å². The van der Waals surface area contributed by atoms with Crippen molar-refractivity contribution in [3.8, 4) is 17.2 Å². The van der Waals surface area contributed by atoms with E-state index in [4.69, 9.17) is 26.4 Å². The lowest BCUT2D eigenvalue weighted by Gasteiger charge is -2.08. The quantitative estimate of drug-likeness (QED) is 0.315.